The van der Waals surface area contributed by atoms with Crippen LogP contribution in [0, 0.1) is 12.7 Å². The van der Waals surface area contributed by atoms with Crippen molar-refractivity contribution in [3.05, 3.63) is 58.9 Å². The van der Waals surface area contributed by atoms with Gasteiger partial charge >= 0.3 is 0 Å². The van der Waals surface area contributed by atoms with Crippen LogP contribution in [-0.4, -0.2) is 0 Å². The fraction of sp³-hybridized carbons (Fsp3) is 0.0769. The molecule has 0 saturated carbocycles. The lowest BCUT2D eigenvalue weighted by Gasteiger charge is -2.03. The molecule has 0 saturated heterocycles. The van der Waals surface area contributed by atoms with Crippen LogP contribution >= 0.6 is 23.4 Å². The molecular weight excluding hydrogens is 243 g/mol. The molecule has 0 bridgehead atoms. The molecule has 0 aromatic heterocycles. The second kappa shape index (κ2) is 4.89. The quantitative estimate of drug-likeness (QED) is 0.730. The Labute approximate surface area is 103 Å². The third-order valence-corrected chi connectivity index (χ3v) is 3.26. The molecule has 0 heterocycles. The first-order valence-corrected chi connectivity index (χ1v) is 6.03. The van der Waals surface area contributed by atoms with E-state index in [4.69, 9.17) is 11.6 Å². The molecule has 0 amide bonds. The van der Waals surface area contributed by atoms with Crippen LogP contribution in [0.5, 0.6) is 0 Å². The minimum absolute atomic E-state index is 0.216. The Hall–Kier alpha value is -0.990. The maximum absolute atomic E-state index is 12.7. The van der Waals surface area contributed by atoms with Gasteiger partial charge in [0.25, 0.3) is 0 Å². The van der Waals surface area contributed by atoms with E-state index >= 15 is 0 Å². The lowest BCUT2D eigenvalue weighted by atomic mass is 10.2. The molecule has 0 N–H and O–H groups in total. The van der Waals surface area contributed by atoms with E-state index in [-0.39, 0.29) is 5.82 Å². The van der Waals surface area contributed by atoms with Gasteiger partial charge in [0.15, 0.2) is 0 Å². The maximum atomic E-state index is 12.7. The first-order valence-electron chi connectivity index (χ1n) is 4.84. The zero-order valence-corrected chi connectivity index (χ0v) is 10.3. The van der Waals surface area contributed by atoms with Crippen LogP contribution in [0.1, 0.15) is 5.56 Å². The van der Waals surface area contributed by atoms with Gasteiger partial charge < -0.3 is 0 Å². The van der Waals surface area contributed by atoms with E-state index in [0.717, 1.165) is 20.4 Å². The highest BCUT2D eigenvalue weighted by Crippen LogP contribution is 2.30. The second-order valence-corrected chi connectivity index (χ2v) is 5.10. The van der Waals surface area contributed by atoms with Crippen LogP contribution < -0.4 is 0 Å². The van der Waals surface area contributed by atoms with Crippen molar-refractivity contribution in [3.8, 4) is 0 Å². The molecule has 0 unspecified atom stereocenters. The van der Waals surface area contributed by atoms with Crippen molar-refractivity contribution >= 4 is 23.4 Å². The topological polar surface area (TPSA) is 0 Å². The molecule has 0 nitrogen and oxygen atoms in total. The summed E-state index contributed by atoms with van der Waals surface area (Å²) in [5, 5.41) is 0.726. The van der Waals surface area contributed by atoms with Crippen LogP contribution in [0.2, 0.25) is 5.02 Å². The fourth-order valence-electron chi connectivity index (χ4n) is 1.40. The van der Waals surface area contributed by atoms with Gasteiger partial charge in [-0.2, -0.15) is 0 Å². The molecule has 16 heavy (non-hydrogen) atoms. The largest absolute Gasteiger partial charge is 0.207 e. The number of halogens is 2. The van der Waals surface area contributed by atoms with Gasteiger partial charge in [0.05, 0.1) is 0 Å². The van der Waals surface area contributed by atoms with Crippen molar-refractivity contribution in [2.75, 3.05) is 0 Å². The van der Waals surface area contributed by atoms with E-state index in [1.54, 1.807) is 23.9 Å². The Morgan fingerprint density at radius 2 is 1.69 bits per heavy atom. The minimum Gasteiger partial charge on any atom is -0.207 e. The van der Waals surface area contributed by atoms with Gasteiger partial charge in [-0.05, 0) is 55.0 Å². The SMILES string of the molecule is Cc1cc(Cl)cc(Sc2ccc(F)cc2)c1. The highest BCUT2D eigenvalue weighted by Gasteiger charge is 2.00. The van der Waals surface area contributed by atoms with Gasteiger partial charge in [-0.15, -0.1) is 0 Å². The summed E-state index contributed by atoms with van der Waals surface area (Å²) >= 11 is 7.54. The number of rotatable bonds is 2. The average Bonchev–Trinajstić information content (AvgIpc) is 2.20. The van der Waals surface area contributed by atoms with Crippen LogP contribution in [0.4, 0.5) is 4.39 Å². The van der Waals surface area contributed by atoms with Crippen molar-refractivity contribution in [1.82, 2.24) is 0 Å². The van der Waals surface area contributed by atoms with Gasteiger partial charge in [-0.1, -0.05) is 23.4 Å². The molecule has 2 aromatic carbocycles. The lowest BCUT2D eigenvalue weighted by Crippen LogP contribution is -1.78. The smallest absolute Gasteiger partial charge is 0.123 e. The highest BCUT2D eigenvalue weighted by molar-refractivity contribution is 7.99. The summed E-state index contributed by atoms with van der Waals surface area (Å²) in [5.74, 6) is -0.216. The Bertz CT molecular complexity index is 474. The summed E-state index contributed by atoms with van der Waals surface area (Å²) in [6, 6.07) is 12.3. The third kappa shape index (κ3) is 3.00. The Morgan fingerprint density at radius 3 is 2.31 bits per heavy atom. The van der Waals surface area contributed by atoms with Crippen molar-refractivity contribution < 1.29 is 4.39 Å². The molecule has 2 rings (SSSR count). The lowest BCUT2D eigenvalue weighted by molar-refractivity contribution is 0.626. The molecule has 0 aliphatic rings. The Balaban J connectivity index is 2.23. The molecule has 0 radical (unpaired) electrons. The van der Waals surface area contributed by atoms with Gasteiger partial charge in [0.2, 0.25) is 0 Å². The van der Waals surface area contributed by atoms with E-state index in [9.17, 15) is 4.39 Å². The van der Waals surface area contributed by atoms with Gasteiger partial charge in [0.1, 0.15) is 5.82 Å². The number of benzene rings is 2. The van der Waals surface area contributed by atoms with E-state index in [1.165, 1.54) is 12.1 Å². The van der Waals surface area contributed by atoms with E-state index in [1.807, 2.05) is 19.1 Å². The molecule has 2 aromatic rings. The first kappa shape index (κ1) is 11.5. The molecule has 0 aliphatic carbocycles. The van der Waals surface area contributed by atoms with Crippen LogP contribution in [-0.2, 0) is 0 Å². The second-order valence-electron chi connectivity index (χ2n) is 3.52. The molecule has 0 atom stereocenters. The summed E-state index contributed by atoms with van der Waals surface area (Å²) in [6.07, 6.45) is 0. The predicted molar refractivity (Wildman–Crippen MR) is 66.7 cm³/mol. The van der Waals surface area contributed by atoms with Gasteiger partial charge in [0, 0.05) is 14.8 Å². The van der Waals surface area contributed by atoms with Crippen LogP contribution in [0.15, 0.2) is 52.3 Å². The summed E-state index contributed by atoms with van der Waals surface area (Å²) in [6.45, 7) is 2.00. The molecular formula is C13H10ClFS. The van der Waals surface area contributed by atoms with Gasteiger partial charge in [-0.3, -0.25) is 0 Å². The Kier molecular flexibility index (Phi) is 3.52. The molecule has 0 aliphatic heterocycles. The zero-order valence-electron chi connectivity index (χ0n) is 8.71. The minimum atomic E-state index is -0.216. The third-order valence-electron chi connectivity index (χ3n) is 2.06. The van der Waals surface area contributed by atoms with Gasteiger partial charge in [-0.25, -0.2) is 4.39 Å². The summed E-state index contributed by atoms with van der Waals surface area (Å²) in [7, 11) is 0. The van der Waals surface area contributed by atoms with E-state index in [2.05, 4.69) is 6.07 Å². The monoisotopic (exact) mass is 252 g/mol. The fourth-order valence-corrected chi connectivity index (χ4v) is 2.73. The first-order chi connectivity index (χ1) is 7.63. The summed E-state index contributed by atoms with van der Waals surface area (Å²) < 4.78 is 12.7. The molecule has 0 spiro atoms. The average molecular weight is 253 g/mol. The zero-order chi connectivity index (χ0) is 11.5. The van der Waals surface area contributed by atoms with Crippen molar-refractivity contribution in [2.24, 2.45) is 0 Å². The van der Waals surface area contributed by atoms with Crippen molar-refractivity contribution in [3.63, 3.8) is 0 Å². The molecule has 0 fully saturated rings. The van der Waals surface area contributed by atoms with Crippen molar-refractivity contribution in [2.45, 2.75) is 16.7 Å². The Morgan fingerprint density at radius 1 is 1.00 bits per heavy atom. The van der Waals surface area contributed by atoms with Crippen LogP contribution in [0.25, 0.3) is 0 Å². The maximum Gasteiger partial charge on any atom is 0.123 e. The summed E-state index contributed by atoms with van der Waals surface area (Å²) in [4.78, 5) is 2.07. The number of hydrogen-bond donors (Lipinski definition) is 0. The van der Waals surface area contributed by atoms with Crippen molar-refractivity contribution in [1.29, 1.82) is 0 Å². The molecule has 82 valence electrons. The summed E-state index contributed by atoms with van der Waals surface area (Å²) in [5.41, 5.74) is 1.12. The standard InChI is InChI=1S/C13H10ClFS/c1-9-6-10(14)8-13(7-9)16-12-4-2-11(15)3-5-12/h2-8H,1H3. The number of aryl methyl sites for hydroxylation is 1. The number of hydrogen-bond acceptors (Lipinski definition) is 1. The van der Waals surface area contributed by atoms with E-state index in [0.29, 0.717) is 0 Å². The normalized spacial score (nSPS) is 10.4. The van der Waals surface area contributed by atoms with E-state index < -0.39 is 0 Å². The predicted octanol–water partition coefficient (Wildman–Crippen LogP) is 4.94. The van der Waals surface area contributed by atoms with Crippen LogP contribution in [0.3, 0.4) is 0 Å². The molecule has 3 heteroatoms. The highest BCUT2D eigenvalue weighted by atomic mass is 35.5.